The zero-order chi connectivity index (χ0) is 19.4. The number of hydrogen-bond donors (Lipinski definition) is 2. The van der Waals surface area contributed by atoms with E-state index in [9.17, 15) is 0 Å². The summed E-state index contributed by atoms with van der Waals surface area (Å²) in [5.41, 5.74) is 0. The summed E-state index contributed by atoms with van der Waals surface area (Å²) in [6.45, 7) is 7.53. The predicted molar refractivity (Wildman–Crippen MR) is 128 cm³/mol. The molecule has 168 valence electrons. The van der Waals surface area contributed by atoms with Gasteiger partial charge in [-0.15, -0.1) is 24.0 Å². The van der Waals surface area contributed by atoms with Crippen molar-refractivity contribution in [3.63, 3.8) is 0 Å². The Hall–Kier alpha value is -0.120. The van der Waals surface area contributed by atoms with Crippen LogP contribution in [0.25, 0.3) is 0 Å². The van der Waals surface area contributed by atoms with Gasteiger partial charge in [0.15, 0.2) is 5.96 Å². The quantitative estimate of drug-likeness (QED) is 0.113. The maximum atomic E-state index is 6.03. The van der Waals surface area contributed by atoms with Crippen LogP contribution in [0.5, 0.6) is 0 Å². The number of halogens is 1. The van der Waals surface area contributed by atoms with Crippen LogP contribution in [0.1, 0.15) is 71.1 Å². The summed E-state index contributed by atoms with van der Waals surface area (Å²) in [6.07, 6.45) is 12.9. The van der Waals surface area contributed by atoms with Crippen LogP contribution in [0.15, 0.2) is 4.99 Å². The fourth-order valence-corrected chi connectivity index (χ4v) is 3.12. The number of ether oxygens (including phenoxy) is 3. The highest BCUT2D eigenvalue weighted by Gasteiger charge is 2.11. The molecule has 1 fully saturated rings. The second-order valence-corrected chi connectivity index (χ2v) is 7.20. The summed E-state index contributed by atoms with van der Waals surface area (Å²) < 4.78 is 17.0. The Morgan fingerprint density at radius 3 is 2.18 bits per heavy atom. The molecule has 0 aliphatic heterocycles. The highest BCUT2D eigenvalue weighted by molar-refractivity contribution is 14.0. The molecule has 0 atom stereocenters. The summed E-state index contributed by atoms with van der Waals surface area (Å²) >= 11 is 0. The third-order valence-corrected chi connectivity index (χ3v) is 4.80. The molecular formula is C21H44IN3O3. The molecule has 0 aromatic carbocycles. The van der Waals surface area contributed by atoms with Crippen LogP contribution in [0.3, 0.4) is 0 Å². The van der Waals surface area contributed by atoms with Crippen LogP contribution >= 0.6 is 24.0 Å². The Bertz CT molecular complexity index is 352. The van der Waals surface area contributed by atoms with Crippen LogP contribution in [0.2, 0.25) is 0 Å². The summed E-state index contributed by atoms with van der Waals surface area (Å²) in [7, 11) is 1.80. The molecule has 0 amide bonds. The van der Waals surface area contributed by atoms with Crippen molar-refractivity contribution < 1.29 is 14.2 Å². The number of unbranched alkanes of at least 4 members (excludes halogenated alkanes) is 2. The van der Waals surface area contributed by atoms with Gasteiger partial charge >= 0.3 is 0 Å². The van der Waals surface area contributed by atoms with Gasteiger partial charge in [0, 0.05) is 33.4 Å². The molecule has 0 bridgehead atoms. The number of nitrogens with one attached hydrogen (secondary N) is 2. The van der Waals surface area contributed by atoms with Crippen LogP contribution in [-0.2, 0) is 14.2 Å². The predicted octanol–water partition coefficient (Wildman–Crippen LogP) is 4.12. The molecule has 0 heterocycles. The number of aliphatic imine (C=N–C) groups is 1. The second-order valence-electron chi connectivity index (χ2n) is 7.20. The van der Waals surface area contributed by atoms with Crippen molar-refractivity contribution in [2.24, 2.45) is 4.99 Å². The first-order valence-corrected chi connectivity index (χ1v) is 11.1. The first-order valence-electron chi connectivity index (χ1n) is 11.1. The molecule has 7 heteroatoms. The molecule has 0 radical (unpaired) electrons. The zero-order valence-corrected chi connectivity index (χ0v) is 20.5. The third kappa shape index (κ3) is 16.8. The largest absolute Gasteiger partial charge is 0.379 e. The minimum Gasteiger partial charge on any atom is -0.379 e. The molecule has 0 aromatic heterocycles. The topological polar surface area (TPSA) is 64.1 Å². The van der Waals surface area contributed by atoms with Crippen LogP contribution in [0.4, 0.5) is 0 Å². The van der Waals surface area contributed by atoms with Gasteiger partial charge in [-0.05, 0) is 32.1 Å². The van der Waals surface area contributed by atoms with Crippen molar-refractivity contribution >= 4 is 29.9 Å². The van der Waals surface area contributed by atoms with Crippen molar-refractivity contribution in [2.45, 2.75) is 77.2 Å². The number of hydrogen-bond acceptors (Lipinski definition) is 4. The van der Waals surface area contributed by atoms with Gasteiger partial charge in [0.2, 0.25) is 0 Å². The zero-order valence-electron chi connectivity index (χ0n) is 18.2. The minimum atomic E-state index is 0. The van der Waals surface area contributed by atoms with Crippen molar-refractivity contribution in [1.29, 1.82) is 0 Å². The third-order valence-electron chi connectivity index (χ3n) is 4.80. The smallest absolute Gasteiger partial charge is 0.191 e. The lowest BCUT2D eigenvalue weighted by Gasteiger charge is -2.15. The van der Waals surface area contributed by atoms with Crippen molar-refractivity contribution in [3.8, 4) is 0 Å². The van der Waals surface area contributed by atoms with Crippen molar-refractivity contribution in [2.75, 3.05) is 53.2 Å². The first kappa shape index (κ1) is 27.9. The van der Waals surface area contributed by atoms with Gasteiger partial charge in [-0.25, -0.2) is 0 Å². The van der Waals surface area contributed by atoms with Gasteiger partial charge in [-0.2, -0.15) is 0 Å². The fraction of sp³-hybridized carbons (Fsp3) is 0.952. The van der Waals surface area contributed by atoms with E-state index < -0.39 is 0 Å². The van der Waals surface area contributed by atoms with Crippen LogP contribution < -0.4 is 10.6 Å². The van der Waals surface area contributed by atoms with E-state index in [1.165, 1.54) is 44.9 Å². The average Bonchev–Trinajstić information content (AvgIpc) is 2.96. The monoisotopic (exact) mass is 513 g/mol. The average molecular weight is 514 g/mol. The van der Waals surface area contributed by atoms with E-state index in [-0.39, 0.29) is 24.0 Å². The molecule has 6 nitrogen and oxygen atoms in total. The van der Waals surface area contributed by atoms with E-state index in [4.69, 9.17) is 14.2 Å². The molecule has 1 saturated carbocycles. The lowest BCUT2D eigenvalue weighted by Crippen LogP contribution is -2.39. The Morgan fingerprint density at radius 2 is 1.50 bits per heavy atom. The SMILES string of the molecule is CCCCOCCOCCNC(=NC)NCCCCOC1CCCCCC1.I. The number of rotatable bonds is 15. The summed E-state index contributed by atoms with van der Waals surface area (Å²) in [4.78, 5) is 4.24. The molecule has 1 rings (SSSR count). The summed E-state index contributed by atoms with van der Waals surface area (Å²) in [5, 5.41) is 6.62. The molecular weight excluding hydrogens is 469 g/mol. The lowest BCUT2D eigenvalue weighted by molar-refractivity contribution is 0.0411. The normalized spacial score (nSPS) is 15.7. The van der Waals surface area contributed by atoms with Gasteiger partial charge in [0.05, 0.1) is 25.9 Å². The highest BCUT2D eigenvalue weighted by Crippen LogP contribution is 2.19. The van der Waals surface area contributed by atoms with Gasteiger partial charge in [-0.3, -0.25) is 4.99 Å². The first-order chi connectivity index (χ1) is 13.4. The maximum Gasteiger partial charge on any atom is 0.191 e. The van der Waals surface area contributed by atoms with E-state index in [0.29, 0.717) is 25.9 Å². The Labute approximate surface area is 190 Å². The van der Waals surface area contributed by atoms with E-state index in [0.717, 1.165) is 51.5 Å². The van der Waals surface area contributed by atoms with Crippen molar-refractivity contribution in [1.82, 2.24) is 10.6 Å². The molecule has 1 aliphatic carbocycles. The molecule has 0 spiro atoms. The second kappa shape index (κ2) is 21.6. The Kier molecular flexibility index (Phi) is 21.5. The molecule has 28 heavy (non-hydrogen) atoms. The summed E-state index contributed by atoms with van der Waals surface area (Å²) in [6, 6.07) is 0. The Morgan fingerprint density at radius 1 is 0.821 bits per heavy atom. The minimum absolute atomic E-state index is 0. The van der Waals surface area contributed by atoms with Crippen molar-refractivity contribution in [3.05, 3.63) is 0 Å². The maximum absolute atomic E-state index is 6.03. The highest BCUT2D eigenvalue weighted by atomic mass is 127. The molecule has 0 saturated heterocycles. The van der Waals surface area contributed by atoms with Gasteiger partial charge in [0.25, 0.3) is 0 Å². The van der Waals surface area contributed by atoms with Crippen LogP contribution in [-0.4, -0.2) is 65.2 Å². The Balaban J connectivity index is 0.00000729. The van der Waals surface area contributed by atoms with E-state index >= 15 is 0 Å². The van der Waals surface area contributed by atoms with Gasteiger partial charge < -0.3 is 24.8 Å². The number of nitrogens with zero attached hydrogens (tertiary/aromatic N) is 1. The molecule has 2 N–H and O–H groups in total. The standard InChI is InChI=1S/C21H43N3O3.HI/c1-3-4-15-25-18-19-26-17-14-24-21(22-2)23-13-9-10-16-27-20-11-7-5-6-8-12-20;/h20H,3-19H2,1-2H3,(H2,22,23,24);1H. The summed E-state index contributed by atoms with van der Waals surface area (Å²) in [5.74, 6) is 0.836. The van der Waals surface area contributed by atoms with Crippen LogP contribution in [0, 0.1) is 0 Å². The molecule has 1 aliphatic rings. The van der Waals surface area contributed by atoms with E-state index in [2.05, 4.69) is 22.5 Å². The van der Waals surface area contributed by atoms with E-state index in [1.807, 2.05) is 0 Å². The van der Waals surface area contributed by atoms with Gasteiger partial charge in [0.1, 0.15) is 0 Å². The molecule has 0 unspecified atom stereocenters. The van der Waals surface area contributed by atoms with Gasteiger partial charge in [-0.1, -0.05) is 39.0 Å². The lowest BCUT2D eigenvalue weighted by atomic mass is 10.1. The fourth-order valence-electron chi connectivity index (χ4n) is 3.12. The number of guanidine groups is 1. The molecule has 0 aromatic rings. The van der Waals surface area contributed by atoms with E-state index in [1.54, 1.807) is 7.05 Å².